The van der Waals surface area contributed by atoms with Crippen LogP contribution in [0.25, 0.3) is 0 Å². The van der Waals surface area contributed by atoms with E-state index in [1.54, 1.807) is 6.92 Å². The predicted octanol–water partition coefficient (Wildman–Crippen LogP) is 3.04. The minimum atomic E-state index is -0.705. The molecule has 0 bridgehead atoms. The maximum atomic E-state index is 10.8. The summed E-state index contributed by atoms with van der Waals surface area (Å²) in [5, 5.41) is 9.87. The van der Waals surface area contributed by atoms with E-state index in [1.165, 1.54) is 6.07 Å². The van der Waals surface area contributed by atoms with E-state index in [0.29, 0.717) is 10.0 Å². The standard InChI is InChI=1S/C8H5BrClNO3/c1-4-2-5(8(10)12)3-6(7(4)9)11(13)14/h2-3H,1H3. The quantitative estimate of drug-likeness (QED) is 0.474. The topological polar surface area (TPSA) is 60.2 Å². The van der Waals surface area contributed by atoms with Gasteiger partial charge in [-0.05, 0) is 46.1 Å². The van der Waals surface area contributed by atoms with Gasteiger partial charge in [-0.2, -0.15) is 0 Å². The Morgan fingerprint density at radius 2 is 2.14 bits per heavy atom. The van der Waals surface area contributed by atoms with Crippen molar-refractivity contribution in [1.29, 1.82) is 0 Å². The lowest BCUT2D eigenvalue weighted by Crippen LogP contribution is -1.96. The van der Waals surface area contributed by atoms with Gasteiger partial charge in [0.05, 0.1) is 9.40 Å². The molecule has 4 nitrogen and oxygen atoms in total. The normalized spacial score (nSPS) is 9.93. The fourth-order valence-electron chi connectivity index (χ4n) is 0.997. The van der Waals surface area contributed by atoms with Gasteiger partial charge in [0.25, 0.3) is 10.9 Å². The number of aryl methyl sites for hydroxylation is 1. The van der Waals surface area contributed by atoms with Gasteiger partial charge in [0.2, 0.25) is 0 Å². The molecule has 0 heterocycles. The minimum absolute atomic E-state index is 0.124. The number of nitrogens with zero attached hydrogens (tertiary/aromatic N) is 1. The fraction of sp³-hybridized carbons (Fsp3) is 0.125. The zero-order valence-corrected chi connectivity index (χ0v) is 9.42. The Morgan fingerprint density at radius 3 is 2.57 bits per heavy atom. The molecule has 1 rings (SSSR count). The Bertz CT molecular complexity index is 419. The third-order valence-electron chi connectivity index (χ3n) is 1.66. The lowest BCUT2D eigenvalue weighted by Gasteiger charge is -2.01. The van der Waals surface area contributed by atoms with Crippen LogP contribution in [0.4, 0.5) is 5.69 Å². The Hall–Kier alpha value is -0.940. The molecule has 0 saturated heterocycles. The van der Waals surface area contributed by atoms with Gasteiger partial charge in [-0.1, -0.05) is 0 Å². The molecule has 14 heavy (non-hydrogen) atoms. The molecule has 0 saturated carbocycles. The molecule has 74 valence electrons. The van der Waals surface area contributed by atoms with Gasteiger partial charge in [-0.3, -0.25) is 14.9 Å². The van der Waals surface area contributed by atoms with E-state index in [1.807, 2.05) is 0 Å². The largest absolute Gasteiger partial charge is 0.284 e. The number of carbonyl (C=O) groups is 1. The van der Waals surface area contributed by atoms with Crippen molar-refractivity contribution in [3.8, 4) is 0 Å². The second-order valence-corrected chi connectivity index (χ2v) is 3.79. The van der Waals surface area contributed by atoms with Crippen LogP contribution in [0.1, 0.15) is 15.9 Å². The summed E-state index contributed by atoms with van der Waals surface area (Å²) < 4.78 is 0.365. The van der Waals surface area contributed by atoms with Gasteiger partial charge < -0.3 is 0 Å². The number of benzene rings is 1. The number of hydrogen-bond donors (Lipinski definition) is 0. The summed E-state index contributed by atoms with van der Waals surface area (Å²) in [6, 6.07) is 2.64. The smallest absolute Gasteiger partial charge is 0.276 e. The number of nitro benzene ring substituents is 1. The number of halogens is 2. The summed E-state index contributed by atoms with van der Waals surface area (Å²) >= 11 is 8.30. The van der Waals surface area contributed by atoms with Crippen LogP contribution in [-0.4, -0.2) is 10.2 Å². The van der Waals surface area contributed by atoms with Crippen molar-refractivity contribution < 1.29 is 9.72 Å². The van der Waals surface area contributed by atoms with Crippen LogP contribution in [-0.2, 0) is 0 Å². The zero-order chi connectivity index (χ0) is 10.9. The molecule has 0 aliphatic heterocycles. The van der Waals surface area contributed by atoms with Crippen molar-refractivity contribution >= 4 is 38.5 Å². The number of hydrogen-bond acceptors (Lipinski definition) is 3. The first-order chi connectivity index (χ1) is 6.43. The molecule has 6 heteroatoms. The number of nitro groups is 1. The van der Waals surface area contributed by atoms with E-state index in [2.05, 4.69) is 15.9 Å². The Morgan fingerprint density at radius 1 is 1.57 bits per heavy atom. The van der Waals surface area contributed by atoms with Gasteiger partial charge in [0.15, 0.2) is 0 Å². The highest BCUT2D eigenvalue weighted by atomic mass is 79.9. The summed E-state index contributed by atoms with van der Waals surface area (Å²) in [5.41, 5.74) is 0.566. The van der Waals surface area contributed by atoms with Crippen LogP contribution >= 0.6 is 27.5 Å². The van der Waals surface area contributed by atoms with E-state index >= 15 is 0 Å². The van der Waals surface area contributed by atoms with Crippen molar-refractivity contribution in [3.05, 3.63) is 37.8 Å². The molecule has 0 amide bonds. The SMILES string of the molecule is Cc1cc(C(=O)Cl)cc([N+](=O)[O-])c1Br. The summed E-state index contributed by atoms with van der Waals surface area (Å²) in [5.74, 6) is 0. The Balaban J connectivity index is 3.43. The molecule has 0 spiro atoms. The highest BCUT2D eigenvalue weighted by Gasteiger charge is 2.17. The second-order valence-electron chi connectivity index (χ2n) is 2.66. The van der Waals surface area contributed by atoms with E-state index in [9.17, 15) is 14.9 Å². The van der Waals surface area contributed by atoms with Crippen LogP contribution in [0.2, 0.25) is 0 Å². The summed E-state index contributed by atoms with van der Waals surface area (Å²) in [4.78, 5) is 20.8. The van der Waals surface area contributed by atoms with Gasteiger partial charge in [0, 0.05) is 11.6 Å². The molecule has 0 fully saturated rings. The number of rotatable bonds is 2. The van der Waals surface area contributed by atoms with Crippen LogP contribution in [0.3, 0.4) is 0 Å². The molecular weight excluding hydrogens is 273 g/mol. The van der Waals surface area contributed by atoms with E-state index in [0.717, 1.165) is 6.07 Å². The summed E-state index contributed by atoms with van der Waals surface area (Å²) in [7, 11) is 0. The number of carbonyl (C=O) groups excluding carboxylic acids is 1. The first kappa shape index (κ1) is 11.1. The van der Waals surface area contributed by atoms with E-state index < -0.39 is 10.2 Å². The van der Waals surface area contributed by atoms with E-state index in [-0.39, 0.29) is 11.3 Å². The lowest BCUT2D eigenvalue weighted by molar-refractivity contribution is -0.385. The van der Waals surface area contributed by atoms with Gasteiger partial charge in [-0.25, -0.2) is 0 Å². The van der Waals surface area contributed by atoms with Gasteiger partial charge in [-0.15, -0.1) is 0 Å². The molecule has 0 N–H and O–H groups in total. The lowest BCUT2D eigenvalue weighted by atomic mass is 10.1. The molecule has 0 aromatic heterocycles. The predicted molar refractivity (Wildman–Crippen MR) is 55.7 cm³/mol. The summed E-state index contributed by atoms with van der Waals surface area (Å²) in [6.07, 6.45) is 0. The highest BCUT2D eigenvalue weighted by molar-refractivity contribution is 9.10. The monoisotopic (exact) mass is 277 g/mol. The maximum absolute atomic E-state index is 10.8. The third-order valence-corrected chi connectivity index (χ3v) is 2.91. The van der Waals surface area contributed by atoms with Crippen molar-refractivity contribution in [2.75, 3.05) is 0 Å². The Kier molecular flexibility index (Phi) is 3.23. The Labute approximate surface area is 93.1 Å². The molecule has 1 aromatic carbocycles. The first-order valence-electron chi connectivity index (χ1n) is 3.58. The summed E-state index contributed by atoms with van der Waals surface area (Å²) in [6.45, 7) is 1.65. The molecule has 0 aliphatic carbocycles. The maximum Gasteiger partial charge on any atom is 0.284 e. The third kappa shape index (κ3) is 2.10. The van der Waals surface area contributed by atoms with Crippen LogP contribution in [0, 0.1) is 17.0 Å². The van der Waals surface area contributed by atoms with Crippen LogP contribution < -0.4 is 0 Å². The van der Waals surface area contributed by atoms with Crippen LogP contribution in [0.15, 0.2) is 16.6 Å². The molecule has 0 atom stereocenters. The molecule has 0 radical (unpaired) electrons. The minimum Gasteiger partial charge on any atom is -0.276 e. The first-order valence-corrected chi connectivity index (χ1v) is 4.75. The fourth-order valence-corrected chi connectivity index (χ4v) is 1.48. The van der Waals surface area contributed by atoms with Crippen molar-refractivity contribution in [3.63, 3.8) is 0 Å². The second kappa shape index (κ2) is 4.06. The highest BCUT2D eigenvalue weighted by Crippen LogP contribution is 2.30. The van der Waals surface area contributed by atoms with Crippen molar-refractivity contribution in [2.24, 2.45) is 0 Å². The molecule has 1 aromatic rings. The average molecular weight is 278 g/mol. The molecular formula is C8H5BrClNO3. The van der Waals surface area contributed by atoms with Gasteiger partial charge in [0.1, 0.15) is 0 Å². The van der Waals surface area contributed by atoms with Crippen molar-refractivity contribution in [1.82, 2.24) is 0 Å². The molecule has 0 unspecified atom stereocenters. The van der Waals surface area contributed by atoms with Crippen LogP contribution in [0.5, 0.6) is 0 Å². The molecule has 0 aliphatic rings. The zero-order valence-electron chi connectivity index (χ0n) is 7.08. The van der Waals surface area contributed by atoms with E-state index in [4.69, 9.17) is 11.6 Å². The van der Waals surface area contributed by atoms with Gasteiger partial charge >= 0.3 is 0 Å². The van der Waals surface area contributed by atoms with Crippen molar-refractivity contribution in [2.45, 2.75) is 6.92 Å². The average Bonchev–Trinajstić information content (AvgIpc) is 2.08.